The van der Waals surface area contributed by atoms with Gasteiger partial charge in [-0.2, -0.15) is 0 Å². The minimum absolute atomic E-state index is 0.222. The van der Waals surface area contributed by atoms with Crippen molar-refractivity contribution in [3.8, 4) is 0 Å². The zero-order chi connectivity index (χ0) is 10.7. The monoisotopic (exact) mass is 204 g/mol. The van der Waals surface area contributed by atoms with Crippen molar-refractivity contribution in [1.82, 2.24) is 5.32 Å². The summed E-state index contributed by atoms with van der Waals surface area (Å²) < 4.78 is 0. The predicted octanol–water partition coefficient (Wildman–Crippen LogP) is 0.835. The molecule has 15 heavy (non-hydrogen) atoms. The van der Waals surface area contributed by atoms with Crippen LogP contribution in [0, 0.1) is 0 Å². The molecule has 80 valence electrons. The fourth-order valence-electron chi connectivity index (χ4n) is 1.63. The second kappa shape index (κ2) is 4.45. The zero-order valence-corrected chi connectivity index (χ0v) is 8.65. The molecule has 0 spiro atoms. The Balaban J connectivity index is 1.96. The lowest BCUT2D eigenvalue weighted by atomic mass is 10.1. The van der Waals surface area contributed by atoms with Gasteiger partial charge in [-0.3, -0.25) is 4.79 Å². The van der Waals surface area contributed by atoms with Crippen LogP contribution in [0.2, 0.25) is 0 Å². The summed E-state index contributed by atoms with van der Waals surface area (Å²) in [6.45, 7) is 0. The average molecular weight is 204 g/mol. The summed E-state index contributed by atoms with van der Waals surface area (Å²) in [5, 5.41) is 3.26. The van der Waals surface area contributed by atoms with Crippen LogP contribution in [0.4, 0.5) is 0 Å². The number of amides is 1. The number of carbonyl (C=O) groups is 1. The molecular formula is C12H16N2O. The first-order valence-electron chi connectivity index (χ1n) is 5.35. The van der Waals surface area contributed by atoms with E-state index in [9.17, 15) is 4.79 Å². The summed E-state index contributed by atoms with van der Waals surface area (Å²) in [4.78, 5) is 11.2. The Kier molecular flexibility index (Phi) is 3.02. The number of rotatable bonds is 5. The minimum Gasteiger partial charge on any atom is -0.368 e. The predicted molar refractivity (Wildman–Crippen MR) is 59.3 cm³/mol. The molecule has 1 aliphatic carbocycles. The molecule has 0 unspecified atom stereocenters. The molecule has 2 rings (SSSR count). The second-order valence-corrected chi connectivity index (χ2v) is 4.09. The average Bonchev–Trinajstić information content (AvgIpc) is 3.02. The van der Waals surface area contributed by atoms with E-state index in [-0.39, 0.29) is 11.9 Å². The maximum atomic E-state index is 11.2. The first kappa shape index (κ1) is 10.2. The van der Waals surface area contributed by atoms with Gasteiger partial charge in [-0.1, -0.05) is 30.3 Å². The van der Waals surface area contributed by atoms with E-state index in [0.29, 0.717) is 12.5 Å². The molecule has 3 nitrogen and oxygen atoms in total. The quantitative estimate of drug-likeness (QED) is 0.746. The van der Waals surface area contributed by atoms with E-state index in [1.165, 1.54) is 12.8 Å². The van der Waals surface area contributed by atoms with E-state index in [4.69, 9.17) is 5.73 Å². The highest BCUT2D eigenvalue weighted by atomic mass is 16.1. The highest BCUT2D eigenvalue weighted by Gasteiger charge is 2.27. The van der Waals surface area contributed by atoms with Gasteiger partial charge in [0.2, 0.25) is 5.91 Å². The molecule has 3 heteroatoms. The van der Waals surface area contributed by atoms with Crippen LogP contribution < -0.4 is 11.1 Å². The molecule has 1 aromatic carbocycles. The summed E-state index contributed by atoms with van der Waals surface area (Å²) >= 11 is 0. The normalized spacial score (nSPS) is 17.3. The summed E-state index contributed by atoms with van der Waals surface area (Å²) in [5.74, 6) is -0.259. The lowest BCUT2D eigenvalue weighted by molar-refractivity contribution is -0.120. The molecule has 0 aliphatic heterocycles. The van der Waals surface area contributed by atoms with Gasteiger partial charge >= 0.3 is 0 Å². The molecule has 0 bridgehead atoms. The molecule has 1 aromatic rings. The largest absolute Gasteiger partial charge is 0.368 e. The fourth-order valence-corrected chi connectivity index (χ4v) is 1.63. The summed E-state index contributed by atoms with van der Waals surface area (Å²) in [7, 11) is 0. The molecule has 1 fully saturated rings. The van der Waals surface area contributed by atoms with Gasteiger partial charge in [0.25, 0.3) is 0 Å². The number of carbonyl (C=O) groups excluding carboxylic acids is 1. The zero-order valence-electron chi connectivity index (χ0n) is 8.65. The van der Waals surface area contributed by atoms with Crippen LogP contribution in [0.5, 0.6) is 0 Å². The van der Waals surface area contributed by atoms with Crippen molar-refractivity contribution in [2.45, 2.75) is 31.3 Å². The highest BCUT2D eigenvalue weighted by Crippen LogP contribution is 2.20. The van der Waals surface area contributed by atoms with Gasteiger partial charge in [-0.25, -0.2) is 0 Å². The summed E-state index contributed by atoms with van der Waals surface area (Å²) in [6, 6.07) is 10.2. The molecule has 0 saturated heterocycles. The van der Waals surface area contributed by atoms with Crippen molar-refractivity contribution in [3.63, 3.8) is 0 Å². The van der Waals surface area contributed by atoms with Crippen LogP contribution in [-0.4, -0.2) is 18.0 Å². The fraction of sp³-hybridized carbons (Fsp3) is 0.417. The van der Waals surface area contributed by atoms with Gasteiger partial charge in [-0.15, -0.1) is 0 Å². The van der Waals surface area contributed by atoms with Crippen molar-refractivity contribution >= 4 is 5.91 Å². The van der Waals surface area contributed by atoms with Crippen LogP contribution in [-0.2, 0) is 11.2 Å². The minimum atomic E-state index is -0.259. The molecule has 3 N–H and O–H groups in total. The first-order valence-corrected chi connectivity index (χ1v) is 5.35. The molecule has 0 heterocycles. The summed E-state index contributed by atoms with van der Waals surface area (Å²) in [5.41, 5.74) is 6.51. The molecule has 0 aromatic heterocycles. The maximum Gasteiger partial charge on any atom is 0.234 e. The Morgan fingerprint density at radius 3 is 2.60 bits per heavy atom. The Morgan fingerprint density at radius 1 is 1.40 bits per heavy atom. The van der Waals surface area contributed by atoms with E-state index < -0.39 is 0 Å². The molecule has 1 amide bonds. The van der Waals surface area contributed by atoms with Crippen molar-refractivity contribution in [2.75, 3.05) is 0 Å². The molecule has 1 aliphatic rings. The number of nitrogens with one attached hydrogen (secondary N) is 1. The first-order chi connectivity index (χ1) is 7.25. The van der Waals surface area contributed by atoms with Gasteiger partial charge in [0.1, 0.15) is 0 Å². The lowest BCUT2D eigenvalue weighted by Gasteiger charge is -2.14. The van der Waals surface area contributed by atoms with Crippen molar-refractivity contribution < 1.29 is 4.79 Å². The third-order valence-electron chi connectivity index (χ3n) is 2.64. The Morgan fingerprint density at radius 2 is 2.07 bits per heavy atom. The molecule has 0 radical (unpaired) electrons. The lowest BCUT2D eigenvalue weighted by Crippen LogP contribution is -2.43. The molecule has 1 atom stereocenters. The second-order valence-electron chi connectivity index (χ2n) is 4.09. The number of nitrogens with two attached hydrogens (primary N) is 1. The third-order valence-corrected chi connectivity index (χ3v) is 2.64. The summed E-state index contributed by atoms with van der Waals surface area (Å²) in [6.07, 6.45) is 3.02. The molecular weight excluding hydrogens is 188 g/mol. The van der Waals surface area contributed by atoms with Gasteiger partial charge in [-0.05, 0) is 24.8 Å². The number of hydrogen-bond acceptors (Lipinski definition) is 2. The van der Waals surface area contributed by atoms with Crippen LogP contribution in [0.15, 0.2) is 30.3 Å². The van der Waals surface area contributed by atoms with E-state index in [1.54, 1.807) is 0 Å². The van der Waals surface area contributed by atoms with Gasteiger partial charge in [0, 0.05) is 6.04 Å². The highest BCUT2D eigenvalue weighted by molar-refractivity contribution is 5.80. The van der Waals surface area contributed by atoms with Crippen molar-refractivity contribution in [1.29, 1.82) is 0 Å². The Bertz CT molecular complexity index is 333. The maximum absolute atomic E-state index is 11.2. The topological polar surface area (TPSA) is 55.1 Å². The number of benzene rings is 1. The third kappa shape index (κ3) is 3.06. The van der Waals surface area contributed by atoms with E-state index in [2.05, 4.69) is 5.32 Å². The van der Waals surface area contributed by atoms with Crippen molar-refractivity contribution in [2.24, 2.45) is 5.73 Å². The molecule has 1 saturated carbocycles. The van der Waals surface area contributed by atoms with Crippen LogP contribution >= 0.6 is 0 Å². The van der Waals surface area contributed by atoms with E-state index in [0.717, 1.165) is 5.56 Å². The van der Waals surface area contributed by atoms with Crippen LogP contribution in [0.3, 0.4) is 0 Å². The van der Waals surface area contributed by atoms with Gasteiger partial charge in [0.15, 0.2) is 0 Å². The number of primary amides is 1. The Labute approximate surface area is 89.7 Å². The van der Waals surface area contributed by atoms with Gasteiger partial charge < -0.3 is 11.1 Å². The van der Waals surface area contributed by atoms with Crippen LogP contribution in [0.25, 0.3) is 0 Å². The van der Waals surface area contributed by atoms with Crippen LogP contribution in [0.1, 0.15) is 18.4 Å². The Hall–Kier alpha value is -1.35. The van der Waals surface area contributed by atoms with Crippen molar-refractivity contribution in [3.05, 3.63) is 35.9 Å². The van der Waals surface area contributed by atoms with E-state index >= 15 is 0 Å². The number of hydrogen-bond donors (Lipinski definition) is 2. The smallest absolute Gasteiger partial charge is 0.234 e. The SMILES string of the molecule is NC(=O)[C@H](Cc1ccccc1)NC1CC1. The van der Waals surface area contributed by atoms with E-state index in [1.807, 2.05) is 30.3 Å². The van der Waals surface area contributed by atoms with Gasteiger partial charge in [0.05, 0.1) is 6.04 Å². The standard InChI is InChI=1S/C12H16N2O/c13-12(15)11(14-10-6-7-10)8-9-4-2-1-3-5-9/h1-5,10-11,14H,6-8H2,(H2,13,15)/t11-/m0/s1.